The van der Waals surface area contributed by atoms with Crippen LogP contribution in [-0.2, 0) is 0 Å². The highest BCUT2D eigenvalue weighted by molar-refractivity contribution is 9.10. The summed E-state index contributed by atoms with van der Waals surface area (Å²) < 4.78 is 12.4. The number of halogens is 2. The van der Waals surface area contributed by atoms with E-state index in [1.54, 1.807) is 12.1 Å². The van der Waals surface area contributed by atoms with Gasteiger partial charge in [0.25, 0.3) is 5.91 Å². The third-order valence-electron chi connectivity index (χ3n) is 3.60. The van der Waals surface area contributed by atoms with E-state index in [1.165, 1.54) is 17.6 Å². The van der Waals surface area contributed by atoms with E-state index in [2.05, 4.69) is 26.5 Å². The van der Waals surface area contributed by atoms with Crippen LogP contribution in [0.3, 0.4) is 0 Å². The average molecular weight is 438 g/mol. The van der Waals surface area contributed by atoms with E-state index in [-0.39, 0.29) is 12.7 Å². The van der Waals surface area contributed by atoms with Crippen molar-refractivity contribution in [3.8, 4) is 11.5 Å². The number of rotatable bonds is 3. The van der Waals surface area contributed by atoms with E-state index >= 15 is 0 Å². The van der Waals surface area contributed by atoms with Gasteiger partial charge in [0.1, 0.15) is 4.88 Å². The van der Waals surface area contributed by atoms with Crippen LogP contribution in [-0.4, -0.2) is 18.9 Å². The second-order valence-corrected chi connectivity index (χ2v) is 7.45. The van der Waals surface area contributed by atoms with Crippen LogP contribution in [0.5, 0.6) is 11.5 Å². The molecule has 0 fully saturated rings. The van der Waals surface area contributed by atoms with Gasteiger partial charge in [-0.1, -0.05) is 29.8 Å². The first-order chi connectivity index (χ1) is 12.1. The van der Waals surface area contributed by atoms with E-state index in [4.69, 9.17) is 21.1 Å². The maximum atomic E-state index is 12.3. The van der Waals surface area contributed by atoms with Crippen molar-refractivity contribution >= 4 is 61.1 Å². The number of carbonyl (C=O) groups is 1. The van der Waals surface area contributed by atoms with Gasteiger partial charge in [-0.15, -0.1) is 11.3 Å². The molecule has 0 atom stereocenters. The minimum atomic E-state index is -0.348. The SMILES string of the molecule is O=C(NN=Cc1cc2c(cc1Br)OCO2)c1sc2ccccc2c1Cl. The van der Waals surface area contributed by atoms with Gasteiger partial charge in [-0.25, -0.2) is 5.43 Å². The maximum absolute atomic E-state index is 12.3. The summed E-state index contributed by atoms with van der Waals surface area (Å²) in [4.78, 5) is 12.8. The molecule has 1 aliphatic heterocycles. The predicted molar refractivity (Wildman–Crippen MR) is 102 cm³/mol. The molecule has 126 valence electrons. The van der Waals surface area contributed by atoms with Crippen molar-refractivity contribution in [1.82, 2.24) is 5.43 Å². The smallest absolute Gasteiger partial charge is 0.283 e. The largest absolute Gasteiger partial charge is 0.454 e. The van der Waals surface area contributed by atoms with Gasteiger partial charge in [0.05, 0.1) is 11.2 Å². The summed E-state index contributed by atoms with van der Waals surface area (Å²) in [6.45, 7) is 0.198. The van der Waals surface area contributed by atoms with Gasteiger partial charge in [0.15, 0.2) is 11.5 Å². The molecular formula is C17H10BrClN2O3S. The number of hydrogen-bond donors (Lipinski definition) is 1. The number of fused-ring (bicyclic) bond motifs is 2. The van der Waals surface area contributed by atoms with E-state index < -0.39 is 0 Å². The third-order valence-corrected chi connectivity index (χ3v) is 5.96. The Bertz CT molecular complexity index is 1020. The number of carbonyl (C=O) groups excluding carboxylic acids is 1. The zero-order valence-corrected chi connectivity index (χ0v) is 15.7. The van der Waals surface area contributed by atoms with Crippen molar-refractivity contribution in [2.24, 2.45) is 5.10 Å². The fourth-order valence-electron chi connectivity index (χ4n) is 2.40. The first-order valence-corrected chi connectivity index (χ1v) is 9.22. The van der Waals surface area contributed by atoms with Crippen LogP contribution in [0, 0.1) is 0 Å². The molecule has 0 saturated carbocycles. The summed E-state index contributed by atoms with van der Waals surface area (Å²) in [5.41, 5.74) is 3.26. The van der Waals surface area contributed by atoms with Gasteiger partial charge in [-0.05, 0) is 34.1 Å². The molecule has 0 spiro atoms. The van der Waals surface area contributed by atoms with Crippen LogP contribution in [0.4, 0.5) is 0 Å². The quantitative estimate of drug-likeness (QED) is 0.472. The molecule has 0 unspecified atom stereocenters. The molecule has 1 aromatic heterocycles. The van der Waals surface area contributed by atoms with Crippen LogP contribution in [0.1, 0.15) is 15.2 Å². The number of ether oxygens (including phenoxy) is 2. The maximum Gasteiger partial charge on any atom is 0.283 e. The van der Waals surface area contributed by atoms with Gasteiger partial charge in [-0.3, -0.25) is 4.79 Å². The molecule has 0 bridgehead atoms. The monoisotopic (exact) mass is 436 g/mol. The summed E-state index contributed by atoms with van der Waals surface area (Å²) >= 11 is 11.1. The topological polar surface area (TPSA) is 59.9 Å². The molecule has 1 N–H and O–H groups in total. The Balaban J connectivity index is 1.53. The standard InChI is InChI=1S/C17H10BrClN2O3S/c18-11-6-13-12(23-8-24-13)5-9(11)7-20-21-17(22)16-15(19)10-3-1-2-4-14(10)25-16/h1-7H,8H2,(H,21,22). The predicted octanol–water partition coefficient (Wildman–Crippen LogP) is 4.81. The lowest BCUT2D eigenvalue weighted by atomic mass is 10.2. The minimum Gasteiger partial charge on any atom is -0.454 e. The number of hydrogen-bond acceptors (Lipinski definition) is 5. The zero-order valence-electron chi connectivity index (χ0n) is 12.6. The summed E-state index contributed by atoms with van der Waals surface area (Å²) in [5.74, 6) is 0.966. The highest BCUT2D eigenvalue weighted by Gasteiger charge is 2.17. The molecule has 0 aliphatic carbocycles. The number of thiophene rings is 1. The van der Waals surface area contributed by atoms with E-state index in [1.807, 2.05) is 24.3 Å². The first kappa shape index (κ1) is 16.4. The summed E-state index contributed by atoms with van der Waals surface area (Å²) in [7, 11) is 0. The molecular weight excluding hydrogens is 428 g/mol. The fourth-order valence-corrected chi connectivity index (χ4v) is 4.23. The van der Waals surface area contributed by atoms with Gasteiger partial charge >= 0.3 is 0 Å². The molecule has 4 rings (SSSR count). The second-order valence-electron chi connectivity index (χ2n) is 5.17. The van der Waals surface area contributed by atoms with Crippen molar-refractivity contribution in [1.29, 1.82) is 0 Å². The van der Waals surface area contributed by atoms with Crippen molar-refractivity contribution in [2.75, 3.05) is 6.79 Å². The molecule has 0 saturated heterocycles. The van der Waals surface area contributed by atoms with E-state index in [9.17, 15) is 4.79 Å². The number of benzene rings is 2. The highest BCUT2D eigenvalue weighted by Crippen LogP contribution is 2.36. The third kappa shape index (κ3) is 3.10. The first-order valence-electron chi connectivity index (χ1n) is 7.23. The molecule has 1 amide bonds. The lowest BCUT2D eigenvalue weighted by molar-refractivity contribution is 0.0959. The summed E-state index contributed by atoms with van der Waals surface area (Å²) in [5, 5.41) is 5.32. The minimum absolute atomic E-state index is 0.198. The number of amides is 1. The van der Waals surface area contributed by atoms with Gasteiger partial charge in [0, 0.05) is 20.1 Å². The summed E-state index contributed by atoms with van der Waals surface area (Å²) in [6, 6.07) is 11.2. The highest BCUT2D eigenvalue weighted by atomic mass is 79.9. The second kappa shape index (κ2) is 6.67. The fraction of sp³-hybridized carbons (Fsp3) is 0.0588. The Kier molecular flexibility index (Phi) is 4.37. The number of hydrazone groups is 1. The van der Waals surface area contributed by atoms with Crippen molar-refractivity contribution < 1.29 is 14.3 Å². The number of nitrogens with one attached hydrogen (secondary N) is 1. The lowest BCUT2D eigenvalue weighted by Gasteiger charge is -2.02. The Morgan fingerprint density at radius 1 is 1.28 bits per heavy atom. The Morgan fingerprint density at radius 2 is 2.04 bits per heavy atom. The molecule has 25 heavy (non-hydrogen) atoms. The van der Waals surface area contributed by atoms with Crippen molar-refractivity contribution in [3.63, 3.8) is 0 Å². The molecule has 8 heteroatoms. The lowest BCUT2D eigenvalue weighted by Crippen LogP contribution is -2.16. The molecule has 3 aromatic rings. The Morgan fingerprint density at radius 3 is 2.84 bits per heavy atom. The average Bonchev–Trinajstić information content (AvgIpc) is 3.19. The van der Waals surface area contributed by atoms with Gasteiger partial charge < -0.3 is 9.47 Å². The van der Waals surface area contributed by atoms with Crippen molar-refractivity contribution in [2.45, 2.75) is 0 Å². The molecule has 2 aromatic carbocycles. The van der Waals surface area contributed by atoms with E-state index in [0.29, 0.717) is 21.4 Å². The zero-order chi connectivity index (χ0) is 17.4. The molecule has 5 nitrogen and oxygen atoms in total. The molecule has 2 heterocycles. The van der Waals surface area contributed by atoms with Crippen LogP contribution in [0.25, 0.3) is 10.1 Å². The van der Waals surface area contributed by atoms with Gasteiger partial charge in [-0.2, -0.15) is 5.10 Å². The Labute approximate surface area is 160 Å². The molecule has 1 aliphatic rings. The van der Waals surface area contributed by atoms with Crippen molar-refractivity contribution in [3.05, 3.63) is 56.3 Å². The normalized spacial score (nSPS) is 12.9. The van der Waals surface area contributed by atoms with Crippen LogP contribution in [0.2, 0.25) is 5.02 Å². The van der Waals surface area contributed by atoms with Crippen LogP contribution < -0.4 is 14.9 Å². The van der Waals surface area contributed by atoms with Gasteiger partial charge in [0.2, 0.25) is 6.79 Å². The Hall–Kier alpha value is -2.09. The van der Waals surface area contributed by atoms with E-state index in [0.717, 1.165) is 20.1 Å². The van der Waals surface area contributed by atoms with Crippen LogP contribution >= 0.6 is 38.9 Å². The number of nitrogens with zero attached hydrogens (tertiary/aromatic N) is 1. The molecule has 0 radical (unpaired) electrons. The van der Waals surface area contributed by atoms with Crippen LogP contribution in [0.15, 0.2) is 46.0 Å². The summed E-state index contributed by atoms with van der Waals surface area (Å²) in [6.07, 6.45) is 1.53.